The number of para-hydroxylation sites is 1. The molecule has 172 valence electrons. The molecule has 4 rings (SSSR count). The van der Waals surface area contributed by atoms with Crippen LogP contribution in [0.5, 0.6) is 5.75 Å². The van der Waals surface area contributed by atoms with Crippen LogP contribution in [0.3, 0.4) is 0 Å². The highest BCUT2D eigenvalue weighted by molar-refractivity contribution is 6.10. The number of ether oxygens (including phenoxy) is 1. The van der Waals surface area contributed by atoms with Gasteiger partial charge in [-0.1, -0.05) is 44.2 Å². The Kier molecular flexibility index (Phi) is 6.15. The Hall–Kier alpha value is -3.34. The first kappa shape index (κ1) is 22.8. The van der Waals surface area contributed by atoms with Crippen LogP contribution >= 0.6 is 0 Å². The number of benzene rings is 2. The Bertz CT molecular complexity index is 1160. The van der Waals surface area contributed by atoms with E-state index in [0.29, 0.717) is 24.2 Å². The molecule has 1 amide bonds. The molecule has 2 aliphatic rings. The van der Waals surface area contributed by atoms with Crippen molar-refractivity contribution in [2.24, 2.45) is 5.41 Å². The van der Waals surface area contributed by atoms with Crippen molar-refractivity contribution in [1.82, 2.24) is 5.32 Å². The van der Waals surface area contributed by atoms with Gasteiger partial charge in [0, 0.05) is 40.6 Å². The van der Waals surface area contributed by atoms with Crippen LogP contribution < -0.4 is 15.4 Å². The molecule has 0 fully saturated rings. The standard InChI is InChI=1S/C28H32N2O3/c1-6-33-20-13-11-19(12-14-20)25-24(27(32)30-21-10-8-7-9-17(21)2)18(3)29-22-15-28(4,5)16-23(31)26(22)25/h7-14,25,29H,6,15-16H2,1-5H3,(H,30,32). The van der Waals surface area contributed by atoms with Gasteiger partial charge in [0.1, 0.15) is 5.75 Å². The number of nitrogens with one attached hydrogen (secondary N) is 2. The van der Waals surface area contributed by atoms with Crippen molar-refractivity contribution in [3.05, 3.63) is 82.2 Å². The molecular formula is C28H32N2O3. The maximum atomic E-state index is 13.6. The van der Waals surface area contributed by atoms with Crippen molar-refractivity contribution < 1.29 is 14.3 Å². The molecule has 2 N–H and O–H groups in total. The number of anilines is 1. The highest BCUT2D eigenvalue weighted by atomic mass is 16.5. The number of carbonyl (C=O) groups is 2. The second-order valence-electron chi connectivity index (χ2n) is 9.70. The number of hydrogen-bond donors (Lipinski definition) is 2. The molecule has 0 saturated heterocycles. The first-order valence-corrected chi connectivity index (χ1v) is 11.5. The maximum Gasteiger partial charge on any atom is 0.254 e. The fraction of sp³-hybridized carbons (Fsp3) is 0.357. The average Bonchev–Trinajstić information content (AvgIpc) is 2.74. The number of amides is 1. The molecule has 33 heavy (non-hydrogen) atoms. The quantitative estimate of drug-likeness (QED) is 0.627. The third-order valence-electron chi connectivity index (χ3n) is 6.40. The lowest BCUT2D eigenvalue weighted by atomic mass is 9.68. The predicted octanol–water partition coefficient (Wildman–Crippen LogP) is 5.64. The second-order valence-corrected chi connectivity index (χ2v) is 9.70. The Morgan fingerprint density at radius 3 is 2.45 bits per heavy atom. The first-order valence-electron chi connectivity index (χ1n) is 11.5. The number of rotatable bonds is 5. The molecule has 1 unspecified atom stereocenters. The van der Waals surface area contributed by atoms with Crippen LogP contribution in [0.4, 0.5) is 5.69 Å². The molecule has 0 radical (unpaired) electrons. The number of allylic oxidation sites excluding steroid dienone is 3. The molecule has 1 atom stereocenters. The highest BCUT2D eigenvalue weighted by Crippen LogP contribution is 2.47. The maximum absolute atomic E-state index is 13.6. The van der Waals surface area contributed by atoms with Crippen molar-refractivity contribution in [1.29, 1.82) is 0 Å². The van der Waals surface area contributed by atoms with E-state index in [1.807, 2.05) is 69.3 Å². The zero-order valence-electron chi connectivity index (χ0n) is 20.0. The van der Waals surface area contributed by atoms with E-state index in [9.17, 15) is 9.59 Å². The lowest BCUT2D eigenvalue weighted by Gasteiger charge is -2.39. The molecule has 5 heteroatoms. The van der Waals surface area contributed by atoms with Gasteiger partial charge in [-0.2, -0.15) is 0 Å². The van der Waals surface area contributed by atoms with Gasteiger partial charge in [0.2, 0.25) is 0 Å². The lowest BCUT2D eigenvalue weighted by molar-refractivity contribution is -0.118. The molecule has 5 nitrogen and oxygen atoms in total. The molecule has 0 spiro atoms. The van der Waals surface area contributed by atoms with E-state index in [4.69, 9.17) is 4.74 Å². The van der Waals surface area contributed by atoms with Crippen molar-refractivity contribution in [3.8, 4) is 5.75 Å². The van der Waals surface area contributed by atoms with Gasteiger partial charge in [-0.3, -0.25) is 9.59 Å². The normalized spacial score (nSPS) is 19.7. The number of carbonyl (C=O) groups excluding carboxylic acids is 2. The van der Waals surface area contributed by atoms with E-state index in [0.717, 1.165) is 40.4 Å². The molecular weight excluding hydrogens is 412 g/mol. The van der Waals surface area contributed by atoms with E-state index in [2.05, 4.69) is 24.5 Å². The summed E-state index contributed by atoms with van der Waals surface area (Å²) in [5.74, 6) is 0.246. The van der Waals surface area contributed by atoms with Gasteiger partial charge in [-0.25, -0.2) is 0 Å². The van der Waals surface area contributed by atoms with Crippen LogP contribution in [0.2, 0.25) is 0 Å². The second kappa shape index (κ2) is 8.89. The molecule has 2 aromatic carbocycles. The minimum Gasteiger partial charge on any atom is -0.494 e. The smallest absolute Gasteiger partial charge is 0.254 e. The van der Waals surface area contributed by atoms with Crippen molar-refractivity contribution in [2.75, 3.05) is 11.9 Å². The van der Waals surface area contributed by atoms with Gasteiger partial charge >= 0.3 is 0 Å². The van der Waals surface area contributed by atoms with E-state index in [-0.39, 0.29) is 17.1 Å². The number of ketones is 1. The summed E-state index contributed by atoms with van der Waals surface area (Å²) in [6, 6.07) is 15.5. The lowest BCUT2D eigenvalue weighted by Crippen LogP contribution is -2.39. The largest absolute Gasteiger partial charge is 0.494 e. The fourth-order valence-electron chi connectivity index (χ4n) is 4.90. The summed E-state index contributed by atoms with van der Waals surface area (Å²) in [6.07, 6.45) is 1.23. The Labute approximate surface area is 195 Å². The van der Waals surface area contributed by atoms with Crippen LogP contribution in [0, 0.1) is 12.3 Å². The van der Waals surface area contributed by atoms with E-state index in [1.54, 1.807) is 0 Å². The summed E-state index contributed by atoms with van der Waals surface area (Å²) in [5, 5.41) is 6.49. The van der Waals surface area contributed by atoms with E-state index >= 15 is 0 Å². The van der Waals surface area contributed by atoms with Gasteiger partial charge < -0.3 is 15.4 Å². The molecule has 1 heterocycles. The summed E-state index contributed by atoms with van der Waals surface area (Å²) >= 11 is 0. The summed E-state index contributed by atoms with van der Waals surface area (Å²) in [5.41, 5.74) is 5.55. The zero-order valence-corrected chi connectivity index (χ0v) is 20.0. The SMILES string of the molecule is CCOc1ccc(C2C(C(=O)Nc3ccccc3C)=C(C)NC3=C2C(=O)CC(C)(C)C3)cc1. The van der Waals surface area contributed by atoms with E-state index in [1.165, 1.54) is 0 Å². The summed E-state index contributed by atoms with van der Waals surface area (Å²) in [4.78, 5) is 27.0. The van der Waals surface area contributed by atoms with Crippen molar-refractivity contribution >= 4 is 17.4 Å². The summed E-state index contributed by atoms with van der Waals surface area (Å²) < 4.78 is 5.61. The van der Waals surface area contributed by atoms with Crippen LogP contribution in [0.1, 0.15) is 57.6 Å². The van der Waals surface area contributed by atoms with Crippen LogP contribution in [-0.4, -0.2) is 18.3 Å². The van der Waals surface area contributed by atoms with Gasteiger partial charge in [0.15, 0.2) is 5.78 Å². The van der Waals surface area contributed by atoms with Crippen molar-refractivity contribution in [2.45, 2.75) is 53.4 Å². The number of hydrogen-bond acceptors (Lipinski definition) is 4. The van der Waals surface area contributed by atoms with Crippen molar-refractivity contribution in [3.63, 3.8) is 0 Å². The van der Waals surface area contributed by atoms with Gasteiger partial charge in [0.05, 0.1) is 6.61 Å². The molecule has 2 aromatic rings. The minimum absolute atomic E-state index is 0.0985. The highest BCUT2D eigenvalue weighted by Gasteiger charge is 2.42. The van der Waals surface area contributed by atoms with Crippen LogP contribution in [-0.2, 0) is 9.59 Å². The molecule has 0 bridgehead atoms. The fourth-order valence-corrected chi connectivity index (χ4v) is 4.90. The minimum atomic E-state index is -0.426. The Balaban J connectivity index is 1.79. The number of aryl methyl sites for hydroxylation is 1. The third kappa shape index (κ3) is 4.58. The third-order valence-corrected chi connectivity index (χ3v) is 6.40. The summed E-state index contributed by atoms with van der Waals surface area (Å²) in [6.45, 7) is 10.6. The molecule has 0 aromatic heterocycles. The van der Waals surface area contributed by atoms with Gasteiger partial charge in [-0.05, 0) is 61.9 Å². The predicted molar refractivity (Wildman–Crippen MR) is 131 cm³/mol. The summed E-state index contributed by atoms with van der Waals surface area (Å²) in [7, 11) is 0. The number of Topliss-reactive ketones (excluding diaryl/α,β-unsaturated/α-hetero) is 1. The molecule has 1 aliphatic carbocycles. The molecule has 1 aliphatic heterocycles. The monoisotopic (exact) mass is 444 g/mol. The first-order chi connectivity index (χ1) is 15.7. The molecule has 0 saturated carbocycles. The average molecular weight is 445 g/mol. The van der Waals surface area contributed by atoms with Crippen LogP contribution in [0.15, 0.2) is 71.1 Å². The Morgan fingerprint density at radius 2 is 1.79 bits per heavy atom. The topological polar surface area (TPSA) is 67.4 Å². The van der Waals surface area contributed by atoms with Crippen LogP contribution in [0.25, 0.3) is 0 Å². The zero-order chi connectivity index (χ0) is 23.8. The van der Waals surface area contributed by atoms with E-state index < -0.39 is 5.92 Å². The van der Waals surface area contributed by atoms with Gasteiger partial charge in [0.25, 0.3) is 5.91 Å². The Morgan fingerprint density at radius 1 is 1.09 bits per heavy atom. The number of dihydropyridines is 1. The van der Waals surface area contributed by atoms with Gasteiger partial charge in [-0.15, -0.1) is 0 Å².